The zero-order chi connectivity index (χ0) is 14.0. The molecule has 1 fully saturated rings. The van der Waals surface area contributed by atoms with Crippen molar-refractivity contribution < 1.29 is 18.0 Å². The SMILES string of the molecule is NC(=O)C1CCCCN1c1cncc(C(F)(F)F)n1. The number of carbonyl (C=O) groups is 1. The third-order valence-electron chi connectivity index (χ3n) is 3.04. The monoisotopic (exact) mass is 274 g/mol. The molecule has 0 aromatic carbocycles. The van der Waals surface area contributed by atoms with Gasteiger partial charge in [0.05, 0.1) is 12.4 Å². The first-order valence-corrected chi connectivity index (χ1v) is 5.85. The molecule has 1 saturated heterocycles. The van der Waals surface area contributed by atoms with Gasteiger partial charge in [-0.25, -0.2) is 4.98 Å². The lowest BCUT2D eigenvalue weighted by Crippen LogP contribution is -2.48. The van der Waals surface area contributed by atoms with Crippen LogP contribution in [0.25, 0.3) is 0 Å². The minimum Gasteiger partial charge on any atom is -0.368 e. The smallest absolute Gasteiger partial charge is 0.368 e. The lowest BCUT2D eigenvalue weighted by atomic mass is 10.0. The number of aromatic nitrogens is 2. The highest BCUT2D eigenvalue weighted by molar-refractivity contribution is 5.83. The number of nitrogens with two attached hydrogens (primary N) is 1. The van der Waals surface area contributed by atoms with E-state index in [0.717, 1.165) is 12.8 Å². The average Bonchev–Trinajstić information content (AvgIpc) is 2.38. The summed E-state index contributed by atoms with van der Waals surface area (Å²) in [5.74, 6) is -0.516. The molecule has 0 saturated carbocycles. The van der Waals surface area contributed by atoms with Gasteiger partial charge in [0.15, 0.2) is 5.69 Å². The first-order chi connectivity index (χ1) is 8.89. The number of anilines is 1. The number of hydrogen-bond acceptors (Lipinski definition) is 4. The van der Waals surface area contributed by atoms with Gasteiger partial charge in [0.1, 0.15) is 11.9 Å². The van der Waals surface area contributed by atoms with Crippen LogP contribution in [0.2, 0.25) is 0 Å². The minimum atomic E-state index is -4.55. The third-order valence-corrected chi connectivity index (χ3v) is 3.04. The molecule has 104 valence electrons. The quantitative estimate of drug-likeness (QED) is 0.883. The number of piperidine rings is 1. The Balaban J connectivity index is 2.32. The molecule has 1 atom stereocenters. The van der Waals surface area contributed by atoms with E-state index in [1.54, 1.807) is 0 Å². The van der Waals surface area contributed by atoms with Crippen molar-refractivity contribution in [2.24, 2.45) is 5.73 Å². The Morgan fingerprint density at radius 2 is 2.11 bits per heavy atom. The number of amides is 1. The second kappa shape index (κ2) is 5.02. The van der Waals surface area contributed by atoms with Crippen molar-refractivity contribution in [3.8, 4) is 0 Å². The number of alkyl halides is 3. The van der Waals surface area contributed by atoms with Crippen LogP contribution in [0.5, 0.6) is 0 Å². The maximum absolute atomic E-state index is 12.6. The van der Waals surface area contributed by atoms with Crippen LogP contribution in [0.3, 0.4) is 0 Å². The molecular formula is C11H13F3N4O. The minimum absolute atomic E-state index is 0.0401. The van der Waals surface area contributed by atoms with Gasteiger partial charge in [0.2, 0.25) is 5.91 Å². The van der Waals surface area contributed by atoms with E-state index in [0.29, 0.717) is 19.2 Å². The highest BCUT2D eigenvalue weighted by atomic mass is 19.4. The Morgan fingerprint density at radius 1 is 1.37 bits per heavy atom. The third kappa shape index (κ3) is 2.94. The van der Waals surface area contributed by atoms with Gasteiger partial charge in [-0.2, -0.15) is 13.2 Å². The first-order valence-electron chi connectivity index (χ1n) is 5.85. The molecule has 1 aromatic heterocycles. The van der Waals surface area contributed by atoms with E-state index in [-0.39, 0.29) is 5.82 Å². The van der Waals surface area contributed by atoms with Gasteiger partial charge in [-0.15, -0.1) is 0 Å². The summed E-state index contributed by atoms with van der Waals surface area (Å²) >= 11 is 0. The molecule has 2 rings (SSSR count). The van der Waals surface area contributed by atoms with Gasteiger partial charge in [-0.1, -0.05) is 0 Å². The van der Waals surface area contributed by atoms with Gasteiger partial charge in [-0.3, -0.25) is 9.78 Å². The van der Waals surface area contributed by atoms with Crippen molar-refractivity contribution in [1.82, 2.24) is 9.97 Å². The van der Waals surface area contributed by atoms with Crippen molar-refractivity contribution in [2.75, 3.05) is 11.4 Å². The average molecular weight is 274 g/mol. The molecule has 1 amide bonds. The van der Waals surface area contributed by atoms with Crippen LogP contribution >= 0.6 is 0 Å². The Kier molecular flexibility index (Phi) is 3.59. The number of hydrogen-bond donors (Lipinski definition) is 1. The van der Waals surface area contributed by atoms with Gasteiger partial charge >= 0.3 is 6.18 Å². The molecule has 1 aromatic rings. The van der Waals surface area contributed by atoms with Crippen LogP contribution in [-0.2, 0) is 11.0 Å². The van der Waals surface area contributed by atoms with Crippen molar-refractivity contribution in [2.45, 2.75) is 31.5 Å². The number of nitrogens with zero attached hydrogens (tertiary/aromatic N) is 3. The molecule has 0 bridgehead atoms. The summed E-state index contributed by atoms with van der Waals surface area (Å²) in [6, 6.07) is -0.619. The van der Waals surface area contributed by atoms with Crippen molar-refractivity contribution >= 4 is 11.7 Å². The van der Waals surface area contributed by atoms with Gasteiger partial charge in [0, 0.05) is 6.54 Å². The van der Waals surface area contributed by atoms with Crippen molar-refractivity contribution in [3.05, 3.63) is 18.1 Å². The zero-order valence-electron chi connectivity index (χ0n) is 10.0. The molecule has 0 spiro atoms. The summed E-state index contributed by atoms with van der Waals surface area (Å²) in [5.41, 5.74) is 4.20. The largest absolute Gasteiger partial charge is 0.434 e. The lowest BCUT2D eigenvalue weighted by molar-refractivity contribution is -0.141. The number of primary amides is 1. The van der Waals surface area contributed by atoms with E-state index in [4.69, 9.17) is 5.73 Å². The molecular weight excluding hydrogens is 261 g/mol. The Hall–Kier alpha value is -1.86. The van der Waals surface area contributed by atoms with Crippen LogP contribution < -0.4 is 10.6 Å². The molecule has 2 N–H and O–H groups in total. The highest BCUT2D eigenvalue weighted by Gasteiger charge is 2.35. The fourth-order valence-electron chi connectivity index (χ4n) is 2.13. The molecule has 1 aliphatic heterocycles. The molecule has 19 heavy (non-hydrogen) atoms. The van der Waals surface area contributed by atoms with Crippen molar-refractivity contribution in [1.29, 1.82) is 0 Å². The predicted octanol–water partition coefficient (Wildman–Crippen LogP) is 1.34. The summed E-state index contributed by atoms with van der Waals surface area (Å²) < 4.78 is 37.7. The van der Waals surface area contributed by atoms with Crippen LogP contribution in [-0.4, -0.2) is 28.5 Å². The maximum Gasteiger partial charge on any atom is 0.434 e. The first kappa shape index (κ1) is 13.6. The second-order valence-electron chi connectivity index (χ2n) is 4.37. The zero-order valence-corrected chi connectivity index (χ0v) is 10.0. The van der Waals surface area contributed by atoms with Crippen LogP contribution in [0.1, 0.15) is 25.0 Å². The fourth-order valence-corrected chi connectivity index (χ4v) is 2.13. The van der Waals surface area contributed by atoms with Crippen molar-refractivity contribution in [3.63, 3.8) is 0 Å². The molecule has 8 heteroatoms. The summed E-state index contributed by atoms with van der Waals surface area (Å²) in [6.07, 6.45) is -0.560. The van der Waals surface area contributed by atoms with Crippen LogP contribution in [0.15, 0.2) is 12.4 Å². The summed E-state index contributed by atoms with van der Waals surface area (Å²) in [5, 5.41) is 0. The van der Waals surface area contributed by atoms with E-state index in [2.05, 4.69) is 9.97 Å². The predicted molar refractivity (Wildman–Crippen MR) is 61.2 cm³/mol. The van der Waals surface area contributed by atoms with Crippen LogP contribution in [0, 0.1) is 0 Å². The standard InChI is InChI=1S/C11H13F3N4O/c12-11(13,14)8-5-16-6-9(17-8)18-4-2-1-3-7(18)10(15)19/h5-7H,1-4H2,(H2,15,19). The molecule has 5 nitrogen and oxygen atoms in total. The molecule has 0 aliphatic carbocycles. The second-order valence-corrected chi connectivity index (χ2v) is 4.37. The van der Waals surface area contributed by atoms with Gasteiger partial charge in [-0.05, 0) is 19.3 Å². The molecule has 1 aliphatic rings. The van der Waals surface area contributed by atoms with E-state index in [9.17, 15) is 18.0 Å². The van der Waals surface area contributed by atoms with Gasteiger partial charge < -0.3 is 10.6 Å². The summed E-state index contributed by atoms with van der Waals surface area (Å²) in [4.78, 5) is 19.9. The summed E-state index contributed by atoms with van der Waals surface area (Å²) in [7, 11) is 0. The fraction of sp³-hybridized carbons (Fsp3) is 0.545. The normalized spacial score (nSPS) is 20.4. The Labute approximate surface area is 107 Å². The highest BCUT2D eigenvalue weighted by Crippen LogP contribution is 2.29. The van der Waals surface area contributed by atoms with Crippen LogP contribution in [0.4, 0.5) is 19.0 Å². The van der Waals surface area contributed by atoms with E-state index >= 15 is 0 Å². The van der Waals surface area contributed by atoms with Gasteiger partial charge in [0.25, 0.3) is 0 Å². The molecule has 0 radical (unpaired) electrons. The van der Waals surface area contributed by atoms with E-state index < -0.39 is 23.8 Å². The lowest BCUT2D eigenvalue weighted by Gasteiger charge is -2.34. The Morgan fingerprint density at radius 3 is 2.74 bits per heavy atom. The van der Waals surface area contributed by atoms with E-state index in [1.165, 1.54) is 11.1 Å². The van der Waals surface area contributed by atoms with E-state index in [1.807, 2.05) is 0 Å². The number of carbonyl (C=O) groups excluding carboxylic acids is 1. The topological polar surface area (TPSA) is 72.1 Å². The molecule has 1 unspecified atom stereocenters. The molecule has 2 heterocycles. The summed E-state index contributed by atoms with van der Waals surface area (Å²) in [6.45, 7) is 0.448. The number of rotatable bonds is 2. The number of halogens is 3. The Bertz CT molecular complexity index is 477. The maximum atomic E-state index is 12.6.